The van der Waals surface area contributed by atoms with Crippen molar-refractivity contribution in [1.82, 2.24) is 15.5 Å². The van der Waals surface area contributed by atoms with E-state index in [9.17, 15) is 9.59 Å². The lowest BCUT2D eigenvalue weighted by molar-refractivity contribution is -0.132. The molecule has 5 nitrogen and oxygen atoms in total. The molecule has 2 atom stereocenters. The Morgan fingerprint density at radius 3 is 2.33 bits per heavy atom. The number of benzene rings is 2. The fourth-order valence-electron chi connectivity index (χ4n) is 3.26. The molecule has 3 rings (SSSR count). The number of nitrogens with zero attached hydrogens (tertiary/aromatic N) is 1. The van der Waals surface area contributed by atoms with Crippen LogP contribution < -0.4 is 10.6 Å². The van der Waals surface area contributed by atoms with E-state index in [1.54, 1.807) is 12.1 Å². The maximum atomic E-state index is 12.8. The number of likely N-dealkylation sites (N-methyl/N-ethyl adjacent to an activating group) is 1. The molecule has 1 heterocycles. The van der Waals surface area contributed by atoms with Crippen LogP contribution in [0.15, 0.2) is 60.7 Å². The molecule has 6 heteroatoms. The van der Waals surface area contributed by atoms with Gasteiger partial charge in [-0.3, -0.25) is 9.59 Å². The van der Waals surface area contributed by atoms with Crippen molar-refractivity contribution < 1.29 is 9.59 Å². The molecule has 1 aliphatic rings. The van der Waals surface area contributed by atoms with Crippen LogP contribution in [0, 0.1) is 0 Å². The van der Waals surface area contributed by atoms with Crippen LogP contribution in [-0.2, 0) is 4.79 Å². The van der Waals surface area contributed by atoms with Crippen molar-refractivity contribution in [1.29, 1.82) is 0 Å². The lowest BCUT2D eigenvalue weighted by Gasteiger charge is -2.27. The topological polar surface area (TPSA) is 61.4 Å². The Balaban J connectivity index is 0.00000261. The molecular weight excluding hydrogens is 362 g/mol. The van der Waals surface area contributed by atoms with Gasteiger partial charge in [0.2, 0.25) is 5.91 Å². The van der Waals surface area contributed by atoms with Gasteiger partial charge in [-0.25, -0.2) is 0 Å². The van der Waals surface area contributed by atoms with Gasteiger partial charge in [0.1, 0.15) is 0 Å². The molecule has 0 bridgehead atoms. The van der Waals surface area contributed by atoms with E-state index in [1.807, 2.05) is 60.5 Å². The standard InChI is InChI=1S/C21H25N3O2.ClH/c1-24(18-12-13-22-15-18)20(25)14-19(16-8-4-2-5-9-16)23-21(26)17-10-6-3-7-11-17;/h2-11,18-19,22H,12-15H2,1H3,(H,23,26);1H. The smallest absolute Gasteiger partial charge is 0.251 e. The van der Waals surface area contributed by atoms with Gasteiger partial charge in [0.15, 0.2) is 0 Å². The third-order valence-electron chi connectivity index (χ3n) is 4.90. The highest BCUT2D eigenvalue weighted by atomic mass is 35.5. The van der Waals surface area contributed by atoms with Crippen LogP contribution in [0.3, 0.4) is 0 Å². The van der Waals surface area contributed by atoms with Crippen molar-refractivity contribution in [2.75, 3.05) is 20.1 Å². The summed E-state index contributed by atoms with van der Waals surface area (Å²) < 4.78 is 0. The zero-order valence-corrected chi connectivity index (χ0v) is 16.2. The first-order chi connectivity index (χ1) is 12.6. The van der Waals surface area contributed by atoms with Crippen molar-refractivity contribution in [3.05, 3.63) is 71.8 Å². The molecule has 0 spiro atoms. The highest BCUT2D eigenvalue weighted by molar-refractivity contribution is 5.94. The van der Waals surface area contributed by atoms with E-state index in [0.29, 0.717) is 5.56 Å². The summed E-state index contributed by atoms with van der Waals surface area (Å²) in [4.78, 5) is 27.2. The second kappa shape index (κ2) is 10.1. The minimum absolute atomic E-state index is 0. The van der Waals surface area contributed by atoms with Crippen LogP contribution in [-0.4, -0.2) is 42.9 Å². The Labute approximate surface area is 166 Å². The maximum Gasteiger partial charge on any atom is 0.251 e. The summed E-state index contributed by atoms with van der Waals surface area (Å²) in [5, 5.41) is 6.31. The Morgan fingerprint density at radius 1 is 1.11 bits per heavy atom. The number of hydrogen-bond donors (Lipinski definition) is 2. The van der Waals surface area contributed by atoms with Gasteiger partial charge in [0.25, 0.3) is 5.91 Å². The Morgan fingerprint density at radius 2 is 1.74 bits per heavy atom. The predicted octanol–water partition coefficient (Wildman–Crippen LogP) is 2.79. The Kier molecular flexibility index (Phi) is 7.82. The molecule has 27 heavy (non-hydrogen) atoms. The lowest BCUT2D eigenvalue weighted by atomic mass is 10.0. The zero-order chi connectivity index (χ0) is 18.4. The summed E-state index contributed by atoms with van der Waals surface area (Å²) in [5.74, 6) is -0.127. The first kappa shape index (κ1) is 20.9. The predicted molar refractivity (Wildman–Crippen MR) is 109 cm³/mol. The van der Waals surface area contributed by atoms with Gasteiger partial charge >= 0.3 is 0 Å². The molecule has 0 radical (unpaired) electrons. The largest absolute Gasteiger partial charge is 0.345 e. The SMILES string of the molecule is CN(C(=O)CC(NC(=O)c1ccccc1)c1ccccc1)C1CCNC1.Cl. The number of carbonyl (C=O) groups excluding carboxylic acids is 2. The van der Waals surface area contributed by atoms with Gasteiger partial charge < -0.3 is 15.5 Å². The van der Waals surface area contributed by atoms with Crippen molar-refractivity contribution in [3.63, 3.8) is 0 Å². The number of halogens is 1. The number of nitrogens with one attached hydrogen (secondary N) is 2. The van der Waals surface area contributed by atoms with Gasteiger partial charge in [-0.2, -0.15) is 0 Å². The minimum atomic E-state index is -0.354. The molecule has 1 aliphatic heterocycles. The van der Waals surface area contributed by atoms with Crippen molar-refractivity contribution in [2.45, 2.75) is 24.9 Å². The van der Waals surface area contributed by atoms with Crippen LogP contribution in [0.25, 0.3) is 0 Å². The summed E-state index contributed by atoms with van der Waals surface area (Å²) in [7, 11) is 1.85. The van der Waals surface area contributed by atoms with E-state index < -0.39 is 0 Å². The van der Waals surface area contributed by atoms with Gasteiger partial charge in [0, 0.05) is 25.2 Å². The van der Waals surface area contributed by atoms with E-state index in [4.69, 9.17) is 0 Å². The molecule has 2 unspecified atom stereocenters. The quantitative estimate of drug-likeness (QED) is 0.801. The molecule has 1 fully saturated rings. The summed E-state index contributed by atoms with van der Waals surface area (Å²) in [6.07, 6.45) is 1.21. The Bertz CT molecular complexity index is 734. The maximum absolute atomic E-state index is 12.8. The second-order valence-corrected chi connectivity index (χ2v) is 6.66. The number of amides is 2. The van der Waals surface area contributed by atoms with Crippen LogP contribution >= 0.6 is 12.4 Å². The molecular formula is C21H26ClN3O2. The third-order valence-corrected chi connectivity index (χ3v) is 4.90. The summed E-state index contributed by atoms with van der Waals surface area (Å²) in [6, 6.07) is 18.6. The van der Waals surface area contributed by atoms with E-state index in [2.05, 4.69) is 10.6 Å². The lowest BCUT2D eigenvalue weighted by Crippen LogP contribution is -2.41. The van der Waals surface area contributed by atoms with E-state index in [-0.39, 0.29) is 42.7 Å². The molecule has 1 saturated heterocycles. The van der Waals surface area contributed by atoms with Crippen LogP contribution in [0.4, 0.5) is 0 Å². The monoisotopic (exact) mass is 387 g/mol. The molecule has 144 valence electrons. The average molecular weight is 388 g/mol. The van der Waals surface area contributed by atoms with E-state index >= 15 is 0 Å². The third kappa shape index (κ3) is 5.55. The molecule has 2 amide bonds. The first-order valence-electron chi connectivity index (χ1n) is 9.02. The molecule has 2 aromatic carbocycles. The zero-order valence-electron chi connectivity index (χ0n) is 15.4. The normalized spacial score (nSPS) is 16.9. The molecule has 0 aromatic heterocycles. The number of hydrogen-bond acceptors (Lipinski definition) is 3. The summed E-state index contributed by atoms with van der Waals surface area (Å²) in [6.45, 7) is 1.77. The van der Waals surface area contributed by atoms with Gasteiger partial charge in [-0.15, -0.1) is 12.4 Å². The molecule has 2 aromatic rings. The first-order valence-corrected chi connectivity index (χ1v) is 9.02. The van der Waals surface area contributed by atoms with Crippen molar-refractivity contribution in [2.24, 2.45) is 0 Å². The molecule has 2 N–H and O–H groups in total. The van der Waals surface area contributed by atoms with Gasteiger partial charge in [0.05, 0.1) is 12.5 Å². The average Bonchev–Trinajstić information content (AvgIpc) is 3.23. The van der Waals surface area contributed by atoms with Crippen LogP contribution in [0.5, 0.6) is 0 Å². The van der Waals surface area contributed by atoms with Crippen molar-refractivity contribution >= 4 is 24.2 Å². The van der Waals surface area contributed by atoms with Crippen LogP contribution in [0.2, 0.25) is 0 Å². The second-order valence-electron chi connectivity index (χ2n) is 6.66. The summed E-state index contributed by atoms with van der Waals surface area (Å²) in [5.41, 5.74) is 1.53. The Hall–Kier alpha value is -2.37. The van der Waals surface area contributed by atoms with E-state index in [0.717, 1.165) is 25.1 Å². The fraction of sp³-hybridized carbons (Fsp3) is 0.333. The van der Waals surface area contributed by atoms with Crippen molar-refractivity contribution in [3.8, 4) is 0 Å². The van der Waals surface area contributed by atoms with Gasteiger partial charge in [-0.1, -0.05) is 48.5 Å². The van der Waals surface area contributed by atoms with Crippen LogP contribution in [0.1, 0.15) is 34.8 Å². The number of carbonyl (C=O) groups is 2. The number of rotatable bonds is 6. The highest BCUT2D eigenvalue weighted by Crippen LogP contribution is 2.20. The van der Waals surface area contributed by atoms with Gasteiger partial charge in [-0.05, 0) is 30.7 Å². The summed E-state index contributed by atoms with van der Waals surface area (Å²) >= 11 is 0. The minimum Gasteiger partial charge on any atom is -0.345 e. The molecule has 0 aliphatic carbocycles. The van der Waals surface area contributed by atoms with E-state index in [1.165, 1.54) is 0 Å². The highest BCUT2D eigenvalue weighted by Gasteiger charge is 2.26. The fourth-order valence-corrected chi connectivity index (χ4v) is 3.26. The molecule has 0 saturated carbocycles.